The van der Waals surface area contributed by atoms with Crippen LogP contribution in [0, 0.1) is 0 Å². The van der Waals surface area contributed by atoms with E-state index < -0.39 is 10.0 Å². The second-order valence-electron chi connectivity index (χ2n) is 5.43. The summed E-state index contributed by atoms with van der Waals surface area (Å²) in [6.45, 7) is 0.349. The second kappa shape index (κ2) is 7.68. The molecule has 1 aromatic rings. The number of methoxy groups -OCH3 is 2. The van der Waals surface area contributed by atoms with E-state index in [-0.39, 0.29) is 11.4 Å². The Balaban J connectivity index is 1.85. The van der Waals surface area contributed by atoms with E-state index in [2.05, 4.69) is 4.72 Å². The topological polar surface area (TPSA) is 64.6 Å². The van der Waals surface area contributed by atoms with Gasteiger partial charge >= 0.3 is 0 Å². The standard InChI is InChI=1S/C15H23NO4S2/c1-19-14-5-3-13(4-6-14)7-10-22(17,18)16-11-15(20-2)8-9-21-12-15/h3-6,16H,7-12H2,1-2H3/t15-/m1/s1. The molecule has 1 heterocycles. The van der Waals surface area contributed by atoms with Crippen molar-refractivity contribution in [3.05, 3.63) is 29.8 Å². The molecular formula is C15H23NO4S2. The van der Waals surface area contributed by atoms with Crippen LogP contribution in [0.25, 0.3) is 0 Å². The molecule has 1 N–H and O–H groups in total. The van der Waals surface area contributed by atoms with E-state index in [1.807, 2.05) is 24.3 Å². The number of benzene rings is 1. The van der Waals surface area contributed by atoms with Gasteiger partial charge in [-0.05, 0) is 36.3 Å². The third kappa shape index (κ3) is 4.87. The van der Waals surface area contributed by atoms with Gasteiger partial charge < -0.3 is 9.47 Å². The Labute approximate surface area is 136 Å². The highest BCUT2D eigenvalue weighted by Crippen LogP contribution is 2.30. The van der Waals surface area contributed by atoms with Crippen molar-refractivity contribution in [2.45, 2.75) is 18.4 Å². The molecule has 2 rings (SSSR count). The molecule has 7 heteroatoms. The van der Waals surface area contributed by atoms with E-state index in [4.69, 9.17) is 9.47 Å². The molecule has 22 heavy (non-hydrogen) atoms. The number of aryl methyl sites for hydroxylation is 1. The Bertz CT molecular complexity index is 566. The van der Waals surface area contributed by atoms with E-state index in [0.29, 0.717) is 13.0 Å². The number of hydrogen-bond acceptors (Lipinski definition) is 5. The molecule has 1 atom stereocenters. The highest BCUT2D eigenvalue weighted by molar-refractivity contribution is 7.99. The summed E-state index contributed by atoms with van der Waals surface area (Å²) in [5.74, 6) is 2.70. The molecular weight excluding hydrogens is 322 g/mol. The summed E-state index contributed by atoms with van der Waals surface area (Å²) in [6.07, 6.45) is 1.36. The number of thioether (sulfide) groups is 1. The van der Waals surface area contributed by atoms with Crippen molar-refractivity contribution >= 4 is 21.8 Å². The summed E-state index contributed by atoms with van der Waals surface area (Å²) >= 11 is 1.80. The first-order valence-electron chi connectivity index (χ1n) is 7.22. The summed E-state index contributed by atoms with van der Waals surface area (Å²) in [7, 11) is -0.0439. The van der Waals surface area contributed by atoms with Crippen LogP contribution in [0.3, 0.4) is 0 Å². The Morgan fingerprint density at radius 2 is 2.00 bits per heavy atom. The van der Waals surface area contributed by atoms with Crippen LogP contribution in [0.4, 0.5) is 0 Å². The van der Waals surface area contributed by atoms with Crippen LogP contribution in [0.2, 0.25) is 0 Å². The van der Waals surface area contributed by atoms with Gasteiger partial charge in [0.2, 0.25) is 10.0 Å². The minimum absolute atomic E-state index is 0.0757. The molecule has 1 aromatic carbocycles. The van der Waals surface area contributed by atoms with Gasteiger partial charge in [-0.1, -0.05) is 12.1 Å². The number of ether oxygens (including phenoxy) is 2. The quantitative estimate of drug-likeness (QED) is 0.777. The Hall–Kier alpha value is -0.760. The molecule has 0 aliphatic carbocycles. The van der Waals surface area contributed by atoms with E-state index in [1.165, 1.54) is 0 Å². The van der Waals surface area contributed by atoms with Gasteiger partial charge in [0.15, 0.2) is 0 Å². The zero-order valence-corrected chi connectivity index (χ0v) is 14.6. The molecule has 5 nitrogen and oxygen atoms in total. The molecule has 0 aromatic heterocycles. The van der Waals surface area contributed by atoms with E-state index in [9.17, 15) is 8.42 Å². The fourth-order valence-corrected chi connectivity index (χ4v) is 4.85. The molecule has 1 aliphatic heterocycles. The lowest BCUT2D eigenvalue weighted by Crippen LogP contribution is -2.45. The summed E-state index contributed by atoms with van der Waals surface area (Å²) in [5.41, 5.74) is 0.627. The Morgan fingerprint density at radius 3 is 2.55 bits per heavy atom. The van der Waals surface area contributed by atoms with Crippen LogP contribution in [0.1, 0.15) is 12.0 Å². The molecule has 1 aliphatic rings. The molecule has 0 unspecified atom stereocenters. The molecule has 0 saturated carbocycles. The van der Waals surface area contributed by atoms with Crippen LogP contribution in [0.15, 0.2) is 24.3 Å². The third-order valence-corrected chi connectivity index (χ3v) is 6.48. The predicted molar refractivity (Wildman–Crippen MR) is 90.2 cm³/mol. The van der Waals surface area contributed by atoms with Gasteiger partial charge in [-0.2, -0.15) is 11.8 Å². The number of nitrogens with one attached hydrogen (secondary N) is 1. The van der Waals surface area contributed by atoms with Gasteiger partial charge in [0, 0.05) is 19.4 Å². The molecule has 0 radical (unpaired) electrons. The van der Waals surface area contributed by atoms with Crippen molar-refractivity contribution in [1.82, 2.24) is 4.72 Å². The maximum absolute atomic E-state index is 12.1. The number of rotatable bonds is 8. The maximum Gasteiger partial charge on any atom is 0.212 e. The minimum atomic E-state index is -3.30. The fourth-order valence-electron chi connectivity index (χ4n) is 2.32. The van der Waals surface area contributed by atoms with E-state index in [0.717, 1.165) is 29.2 Å². The fraction of sp³-hybridized carbons (Fsp3) is 0.600. The van der Waals surface area contributed by atoms with E-state index >= 15 is 0 Å². The lowest BCUT2D eigenvalue weighted by Gasteiger charge is -2.26. The van der Waals surface area contributed by atoms with Gasteiger partial charge in [0.05, 0.1) is 18.5 Å². The highest BCUT2D eigenvalue weighted by Gasteiger charge is 2.35. The first-order valence-corrected chi connectivity index (χ1v) is 10.0. The monoisotopic (exact) mass is 345 g/mol. The molecule has 0 spiro atoms. The van der Waals surface area contributed by atoms with Gasteiger partial charge in [-0.25, -0.2) is 13.1 Å². The average Bonchev–Trinajstić information content (AvgIpc) is 3.01. The Morgan fingerprint density at radius 1 is 1.27 bits per heavy atom. The van der Waals surface area contributed by atoms with Crippen molar-refractivity contribution in [2.75, 3.05) is 38.0 Å². The predicted octanol–water partition coefficient (Wildman–Crippen LogP) is 1.68. The van der Waals surface area contributed by atoms with Crippen LogP contribution in [0.5, 0.6) is 5.75 Å². The van der Waals surface area contributed by atoms with Gasteiger partial charge in [0.25, 0.3) is 0 Å². The smallest absolute Gasteiger partial charge is 0.212 e. The molecule has 0 bridgehead atoms. The Kier molecular flexibility index (Phi) is 6.14. The van der Waals surface area contributed by atoms with Crippen LogP contribution in [-0.4, -0.2) is 52.0 Å². The van der Waals surface area contributed by atoms with Gasteiger partial charge in [-0.15, -0.1) is 0 Å². The molecule has 124 valence electrons. The minimum Gasteiger partial charge on any atom is -0.497 e. The lowest BCUT2D eigenvalue weighted by atomic mass is 10.0. The first kappa shape index (κ1) is 17.6. The SMILES string of the molecule is COc1ccc(CCS(=O)(=O)NC[C@]2(OC)CCSC2)cc1. The van der Waals surface area contributed by atoms with E-state index in [1.54, 1.807) is 26.0 Å². The van der Waals surface area contributed by atoms with Gasteiger partial charge in [0.1, 0.15) is 5.75 Å². The van der Waals surface area contributed by atoms with Crippen LogP contribution >= 0.6 is 11.8 Å². The lowest BCUT2D eigenvalue weighted by molar-refractivity contribution is 0.0179. The number of hydrogen-bond donors (Lipinski definition) is 1. The van der Waals surface area contributed by atoms with Crippen molar-refractivity contribution in [2.24, 2.45) is 0 Å². The average molecular weight is 345 g/mol. The largest absolute Gasteiger partial charge is 0.497 e. The molecule has 1 fully saturated rings. The number of sulfonamides is 1. The molecule has 1 saturated heterocycles. The zero-order valence-electron chi connectivity index (χ0n) is 13.0. The summed E-state index contributed by atoms with van der Waals surface area (Å²) in [6, 6.07) is 7.45. The molecule has 0 amide bonds. The van der Waals surface area contributed by atoms with Crippen molar-refractivity contribution < 1.29 is 17.9 Å². The van der Waals surface area contributed by atoms with Crippen molar-refractivity contribution in [3.63, 3.8) is 0 Å². The highest BCUT2D eigenvalue weighted by atomic mass is 32.2. The van der Waals surface area contributed by atoms with Crippen molar-refractivity contribution in [3.8, 4) is 5.75 Å². The van der Waals surface area contributed by atoms with Gasteiger partial charge in [-0.3, -0.25) is 0 Å². The van der Waals surface area contributed by atoms with Crippen LogP contribution in [-0.2, 0) is 21.2 Å². The summed E-state index contributed by atoms with van der Waals surface area (Å²) in [4.78, 5) is 0. The third-order valence-electron chi connectivity index (χ3n) is 3.93. The second-order valence-corrected chi connectivity index (χ2v) is 8.46. The normalized spacial score (nSPS) is 21.9. The van der Waals surface area contributed by atoms with Crippen molar-refractivity contribution in [1.29, 1.82) is 0 Å². The maximum atomic E-state index is 12.1. The van der Waals surface area contributed by atoms with Crippen LogP contribution < -0.4 is 9.46 Å². The summed E-state index contributed by atoms with van der Waals surface area (Å²) in [5, 5.41) is 0. The summed E-state index contributed by atoms with van der Waals surface area (Å²) < 4.78 is 37.6. The first-order chi connectivity index (χ1) is 10.5. The zero-order chi connectivity index (χ0) is 16.1.